The lowest BCUT2D eigenvalue weighted by Crippen LogP contribution is -2.14. The van der Waals surface area contributed by atoms with Crippen molar-refractivity contribution in [3.05, 3.63) is 84.5 Å². The van der Waals surface area contributed by atoms with E-state index < -0.39 is 17.9 Å². The third-order valence-electron chi connectivity index (χ3n) is 13.0. The van der Waals surface area contributed by atoms with E-state index in [-0.39, 0.29) is 44.8 Å². The van der Waals surface area contributed by atoms with Crippen LogP contribution in [0.25, 0.3) is 12.2 Å². The maximum atomic E-state index is 13.3. The van der Waals surface area contributed by atoms with E-state index in [1.807, 2.05) is 38.1 Å². The van der Waals surface area contributed by atoms with Gasteiger partial charge in [0.05, 0.1) is 58.8 Å². The van der Waals surface area contributed by atoms with Crippen molar-refractivity contribution >= 4 is 36.0 Å². The topological polar surface area (TPSA) is 161 Å². The van der Waals surface area contributed by atoms with Gasteiger partial charge in [0, 0.05) is 29.4 Å². The van der Waals surface area contributed by atoms with Crippen LogP contribution in [0, 0.1) is 5.92 Å². The lowest BCUT2D eigenvalue weighted by molar-refractivity contribution is -0.148. The molecule has 0 N–H and O–H groups in total. The Morgan fingerprint density at radius 3 is 1.11 bits per heavy atom. The lowest BCUT2D eigenvalue weighted by Gasteiger charge is -2.19. The second-order valence-electron chi connectivity index (χ2n) is 19.9. The molecule has 0 amide bonds. The Hall–Kier alpha value is -6.44. The Labute approximate surface area is 494 Å². The number of esters is 4. The first-order valence-electron chi connectivity index (χ1n) is 30.0. The zero-order chi connectivity index (χ0) is 57.8. The highest BCUT2D eigenvalue weighted by molar-refractivity contribution is 5.90. The highest BCUT2D eigenvalue weighted by Crippen LogP contribution is 2.43. The lowest BCUT2D eigenvalue weighted by atomic mass is 10.1. The van der Waals surface area contributed by atoms with E-state index in [1.165, 1.54) is 12.2 Å². The molecule has 460 valence electrons. The van der Waals surface area contributed by atoms with Crippen molar-refractivity contribution in [2.75, 3.05) is 52.9 Å². The molecule has 3 aromatic rings. The Bertz CT molecular complexity index is 2270. The summed E-state index contributed by atoms with van der Waals surface area (Å²) in [4.78, 5) is 50.1. The van der Waals surface area contributed by atoms with Gasteiger partial charge in [0.15, 0.2) is 23.0 Å². The minimum absolute atomic E-state index is 0. The van der Waals surface area contributed by atoms with Crippen LogP contribution in [-0.4, -0.2) is 76.7 Å². The number of hydrogen-bond acceptors (Lipinski definition) is 14. The van der Waals surface area contributed by atoms with Gasteiger partial charge in [-0.15, -0.1) is 0 Å². The molecule has 0 spiro atoms. The summed E-state index contributed by atoms with van der Waals surface area (Å²) in [5.41, 5.74) is 1.27. The van der Waals surface area contributed by atoms with E-state index in [2.05, 4.69) is 34.3 Å². The van der Waals surface area contributed by atoms with Crippen molar-refractivity contribution in [1.82, 2.24) is 0 Å². The molecule has 1 atom stereocenters. The van der Waals surface area contributed by atoms with Crippen LogP contribution in [-0.2, 0) is 28.7 Å². The third-order valence-corrected chi connectivity index (χ3v) is 13.0. The Morgan fingerprint density at radius 2 is 0.732 bits per heavy atom. The Balaban J connectivity index is 0.0000168. The van der Waals surface area contributed by atoms with Crippen LogP contribution in [0.4, 0.5) is 0 Å². The molecule has 0 aliphatic carbocycles. The number of hydrogen-bond donors (Lipinski definition) is 0. The van der Waals surface area contributed by atoms with E-state index >= 15 is 0 Å². The summed E-state index contributed by atoms with van der Waals surface area (Å²) in [5.74, 6) is 1.70. The summed E-state index contributed by atoms with van der Waals surface area (Å²) in [6.07, 6.45) is 29.0. The van der Waals surface area contributed by atoms with Gasteiger partial charge in [-0.05, 0) is 131 Å². The van der Waals surface area contributed by atoms with Gasteiger partial charge in [0.25, 0.3) is 0 Å². The molecule has 0 aliphatic rings. The molecular formula is C68H104O14. The predicted molar refractivity (Wildman–Crippen MR) is 331 cm³/mol. The summed E-state index contributed by atoms with van der Waals surface area (Å²) in [6.45, 7) is 19.4. The molecule has 1 unspecified atom stereocenters. The summed E-state index contributed by atoms with van der Waals surface area (Å²) in [7, 11) is 0. The van der Waals surface area contributed by atoms with Gasteiger partial charge in [-0.25, -0.2) is 14.4 Å². The molecular weight excluding hydrogens is 1040 g/mol. The fourth-order valence-corrected chi connectivity index (χ4v) is 8.02. The predicted octanol–water partition coefficient (Wildman–Crippen LogP) is 17.4. The molecule has 0 heterocycles. The van der Waals surface area contributed by atoms with Gasteiger partial charge in [-0.2, -0.15) is 0 Å². The zero-order valence-corrected chi connectivity index (χ0v) is 49.4. The van der Waals surface area contributed by atoms with Gasteiger partial charge in [-0.3, -0.25) is 4.79 Å². The first-order valence-corrected chi connectivity index (χ1v) is 30.0. The molecule has 14 heteroatoms. The smallest absolute Gasteiger partial charge is 0.336 e. The van der Waals surface area contributed by atoms with E-state index in [4.69, 9.17) is 47.4 Å². The average Bonchev–Trinajstić information content (AvgIpc) is 3.56. The van der Waals surface area contributed by atoms with Crippen LogP contribution < -0.4 is 37.9 Å². The molecule has 82 heavy (non-hydrogen) atoms. The molecule has 0 aliphatic heterocycles. The summed E-state index contributed by atoms with van der Waals surface area (Å²) < 4.78 is 60.1. The van der Waals surface area contributed by atoms with E-state index in [1.54, 1.807) is 36.4 Å². The molecule has 14 nitrogen and oxygen atoms in total. The summed E-state index contributed by atoms with van der Waals surface area (Å²) in [5, 5.41) is 0. The molecule has 0 saturated heterocycles. The SMILES string of the molecule is C.C.C=CC(=O)OCCCCOc1ccc(/C=C/C(=O)Oc2ccc(OC(=O)/C=C/c3ccc(OCCCCCCOC(=O)C(C)CC)c(OCCCCCC)c3OCCCCCC)cc2)c(OCCCCCC)c1OCCCCCC. The van der Waals surface area contributed by atoms with Crippen molar-refractivity contribution in [3.8, 4) is 46.0 Å². The van der Waals surface area contributed by atoms with Gasteiger partial charge < -0.3 is 47.4 Å². The number of benzene rings is 3. The highest BCUT2D eigenvalue weighted by atomic mass is 16.6. The molecule has 3 aromatic carbocycles. The first kappa shape index (κ1) is 73.6. The zero-order valence-electron chi connectivity index (χ0n) is 49.4. The fourth-order valence-electron chi connectivity index (χ4n) is 8.02. The fraction of sp³-hybridized carbons (Fsp3) is 0.588. The van der Waals surface area contributed by atoms with E-state index in [9.17, 15) is 19.2 Å². The first-order chi connectivity index (χ1) is 39.1. The minimum Gasteiger partial charge on any atom is -0.490 e. The molecule has 0 bridgehead atoms. The number of carbonyl (C=O) groups is 4. The third kappa shape index (κ3) is 31.1. The maximum Gasteiger partial charge on any atom is 0.336 e. The van der Waals surface area contributed by atoms with Crippen molar-refractivity contribution in [1.29, 1.82) is 0 Å². The number of ether oxygens (including phenoxy) is 10. The van der Waals surface area contributed by atoms with Gasteiger partial charge in [-0.1, -0.05) is 140 Å². The van der Waals surface area contributed by atoms with E-state index in [0.29, 0.717) is 105 Å². The largest absolute Gasteiger partial charge is 0.490 e. The second-order valence-corrected chi connectivity index (χ2v) is 19.9. The van der Waals surface area contributed by atoms with Crippen molar-refractivity contribution in [3.63, 3.8) is 0 Å². The van der Waals surface area contributed by atoms with Crippen LogP contribution in [0.3, 0.4) is 0 Å². The van der Waals surface area contributed by atoms with Gasteiger partial charge >= 0.3 is 23.9 Å². The molecule has 3 rings (SSSR count). The minimum atomic E-state index is -0.622. The second kappa shape index (κ2) is 47.1. The van der Waals surface area contributed by atoms with Gasteiger partial charge in [0.1, 0.15) is 11.5 Å². The molecule has 0 fully saturated rings. The van der Waals surface area contributed by atoms with Crippen LogP contribution in [0.2, 0.25) is 0 Å². The van der Waals surface area contributed by atoms with Crippen LogP contribution in [0.5, 0.6) is 46.0 Å². The quantitative estimate of drug-likeness (QED) is 0.0227. The number of rotatable bonds is 47. The molecule has 0 saturated carbocycles. The Kier molecular flexibility index (Phi) is 42.3. The Morgan fingerprint density at radius 1 is 0.402 bits per heavy atom. The highest BCUT2D eigenvalue weighted by Gasteiger charge is 2.20. The number of unbranched alkanes of at least 4 members (excludes halogenated alkanes) is 16. The van der Waals surface area contributed by atoms with Crippen molar-refractivity contribution in [2.24, 2.45) is 5.92 Å². The van der Waals surface area contributed by atoms with Crippen molar-refractivity contribution in [2.45, 2.75) is 204 Å². The van der Waals surface area contributed by atoms with E-state index in [0.717, 1.165) is 141 Å². The van der Waals surface area contributed by atoms with Gasteiger partial charge in [0.2, 0.25) is 11.5 Å². The summed E-state index contributed by atoms with van der Waals surface area (Å²) in [6, 6.07) is 13.6. The summed E-state index contributed by atoms with van der Waals surface area (Å²) >= 11 is 0. The normalized spacial score (nSPS) is 11.2. The van der Waals surface area contributed by atoms with Crippen molar-refractivity contribution < 1.29 is 66.5 Å². The molecule has 0 aromatic heterocycles. The van der Waals surface area contributed by atoms with Crippen LogP contribution in [0.1, 0.15) is 215 Å². The van der Waals surface area contributed by atoms with Crippen LogP contribution in [0.15, 0.2) is 73.3 Å². The van der Waals surface area contributed by atoms with Crippen LogP contribution >= 0.6 is 0 Å². The standard InChI is InChI=1S/C66H96O14.2CH4/c1-8-14-18-24-47-74-62-53(32-40-57(64(62)76-49-26-20-16-10-3)71-44-28-22-23-29-51-78-66(70)52(7)12-5)34-42-60(68)79-55-36-38-56(39-37-55)80-61(69)43-35-54-33-41-58(72-45-30-31-46-73-59(67)13-6)65(77-50-27-21-17-11-4)63(54)75-48-25-19-15-9-2;;/h13,32-43,52H,6,8-12,14-31,44-51H2,1-5,7H3;2*1H4/b42-34+,43-35+;;. The number of carbonyl (C=O) groups excluding carboxylic acids is 4. The monoisotopic (exact) mass is 1140 g/mol. The average molecular weight is 1150 g/mol. The maximum absolute atomic E-state index is 13.3. The molecule has 0 radical (unpaired) electrons.